The van der Waals surface area contributed by atoms with Gasteiger partial charge in [-0.3, -0.25) is 4.57 Å². The summed E-state index contributed by atoms with van der Waals surface area (Å²) in [4.78, 5) is 4.91. The molecule has 84 heavy (non-hydrogen) atoms. The molecule has 0 fully saturated rings. The summed E-state index contributed by atoms with van der Waals surface area (Å²) >= 11 is 0. The molecule has 0 atom stereocenters. The zero-order chi connectivity index (χ0) is 62.5. The number of hydrogen-bond acceptors (Lipinski definition) is 2. The average Bonchev–Trinajstić information content (AvgIpc) is 1.45. The Balaban J connectivity index is 0.00000743. The summed E-state index contributed by atoms with van der Waals surface area (Å²) in [6.07, 6.45) is 7.88. The Morgan fingerprint density at radius 3 is 1.86 bits per heavy atom. The summed E-state index contributed by atoms with van der Waals surface area (Å²) in [6, 6.07) is 67.0. The van der Waals surface area contributed by atoms with Gasteiger partial charge in [0.1, 0.15) is 5.82 Å². The van der Waals surface area contributed by atoms with Crippen LogP contribution in [0.25, 0.3) is 106 Å². The Hall–Kier alpha value is -8.11. The molecule has 0 N–H and O–H groups in total. The zero-order valence-corrected chi connectivity index (χ0v) is 51.5. The normalized spacial score (nSPS) is 15.5. The molecule has 12 aromatic rings. The summed E-state index contributed by atoms with van der Waals surface area (Å²) in [6.45, 7) is 17.4. The summed E-state index contributed by atoms with van der Waals surface area (Å²) < 4.78 is 66.9. The van der Waals surface area contributed by atoms with Gasteiger partial charge >= 0.3 is 0 Å². The van der Waals surface area contributed by atoms with E-state index in [2.05, 4.69) is 200 Å². The van der Waals surface area contributed by atoms with Gasteiger partial charge in [-0.1, -0.05) is 190 Å². The van der Waals surface area contributed by atoms with E-state index >= 15 is 0 Å². The van der Waals surface area contributed by atoms with Crippen molar-refractivity contribution in [2.24, 2.45) is 0 Å². The van der Waals surface area contributed by atoms with Gasteiger partial charge in [0.15, 0.2) is 0 Å². The Morgan fingerprint density at radius 1 is 0.536 bits per heavy atom. The van der Waals surface area contributed by atoms with Gasteiger partial charge in [0.05, 0.1) is 16.7 Å². The van der Waals surface area contributed by atoms with E-state index in [4.69, 9.17) is 17.9 Å². The maximum absolute atomic E-state index is 8.96. The van der Waals surface area contributed by atoms with Crippen molar-refractivity contribution < 1.29 is 38.6 Å². The molecule has 0 unspecified atom stereocenters. The fraction of sp³-hybridized carbons (Fsp3) is 0.231. The maximum atomic E-state index is 8.96. The van der Waals surface area contributed by atoms with Crippen LogP contribution >= 0.6 is 0 Å². The number of fused-ring (bicyclic) bond motifs is 11. The number of rotatable bonds is 6. The van der Waals surface area contributed by atoms with Crippen LogP contribution in [-0.2, 0) is 42.7 Å². The second-order valence-electron chi connectivity index (χ2n) is 26.3. The van der Waals surface area contributed by atoms with Crippen LogP contribution in [0.4, 0.5) is 0 Å². The van der Waals surface area contributed by atoms with Crippen molar-refractivity contribution in [2.45, 2.75) is 117 Å². The van der Waals surface area contributed by atoms with Gasteiger partial charge in [-0.25, -0.2) is 4.98 Å². The van der Waals surface area contributed by atoms with Gasteiger partial charge in [0.2, 0.25) is 0 Å². The SMILES string of the molecule is [2H]C([2H])([2H])c1cccc(C([2H])([2H])[2H])c1-c1cc2c3c(c1)n(-c1[c-]c(Oc4[c-]c5c(cc4)c4ccccc4n5-c4cc(C(C)(C)C)ccn4)ccc1)[c-][n+]3-c1c(-c3ccc(C(C)(C)C)cc3)cccc1-c1cc3c(cc1-c1ccccc1-2)C(C)(C)CCC3(C)C.[Pt]. The van der Waals surface area contributed by atoms with Crippen molar-refractivity contribution in [3.05, 3.63) is 234 Å². The molecule has 2 aliphatic rings. The molecule has 0 amide bonds. The van der Waals surface area contributed by atoms with E-state index in [9.17, 15) is 0 Å². The van der Waals surface area contributed by atoms with E-state index in [0.29, 0.717) is 28.3 Å². The third-order valence-corrected chi connectivity index (χ3v) is 17.8. The van der Waals surface area contributed by atoms with Gasteiger partial charge in [0.25, 0.3) is 6.33 Å². The van der Waals surface area contributed by atoms with Crippen molar-refractivity contribution in [1.82, 2.24) is 14.1 Å². The van der Waals surface area contributed by atoms with Crippen molar-refractivity contribution in [3.63, 3.8) is 0 Å². The molecule has 1 aliphatic heterocycles. The first-order valence-electron chi connectivity index (χ1n) is 32.0. The van der Waals surface area contributed by atoms with Gasteiger partial charge in [0, 0.05) is 52.5 Å². The van der Waals surface area contributed by atoms with Crippen LogP contribution in [-0.4, -0.2) is 14.1 Å². The van der Waals surface area contributed by atoms with Gasteiger partial charge in [-0.15, -0.1) is 29.7 Å². The monoisotopic (exact) mass is 1280 g/mol. The van der Waals surface area contributed by atoms with Gasteiger partial charge < -0.3 is 13.9 Å². The van der Waals surface area contributed by atoms with Crippen LogP contribution in [0.3, 0.4) is 0 Å². The molecule has 3 aromatic heterocycles. The minimum Gasteiger partial charge on any atom is -0.510 e. The molecule has 0 radical (unpaired) electrons. The molecule has 14 rings (SSSR count). The number of pyridine rings is 1. The summed E-state index contributed by atoms with van der Waals surface area (Å²) in [5, 5.41) is 2.08. The number of benzene rings is 9. The number of aromatic nitrogens is 4. The van der Waals surface area contributed by atoms with Crippen molar-refractivity contribution in [2.75, 3.05) is 0 Å². The first-order valence-corrected chi connectivity index (χ1v) is 29.0. The Kier molecular flexibility index (Phi) is 11.5. The third kappa shape index (κ3) is 9.08. The number of hydrogen-bond donors (Lipinski definition) is 0. The molecular weight excluding hydrogens is 1200 g/mol. The quantitative estimate of drug-likeness (QED) is 0.123. The number of aryl methyl sites for hydroxylation is 2. The third-order valence-electron chi connectivity index (χ3n) is 17.8. The predicted octanol–water partition coefficient (Wildman–Crippen LogP) is 19.8. The first kappa shape index (κ1) is 48.3. The van der Waals surface area contributed by atoms with Crippen molar-refractivity contribution >= 4 is 32.8 Å². The van der Waals surface area contributed by atoms with Gasteiger partial charge in [-0.05, 0) is 179 Å². The molecule has 0 bridgehead atoms. The second-order valence-corrected chi connectivity index (χ2v) is 26.3. The Bertz CT molecular complexity index is 4840. The smallest absolute Gasteiger partial charge is 0.268 e. The fourth-order valence-electron chi connectivity index (χ4n) is 13.1. The molecule has 9 aromatic carbocycles. The van der Waals surface area contributed by atoms with E-state index in [-0.39, 0.29) is 59.4 Å². The Labute approximate surface area is 518 Å². The molecule has 420 valence electrons. The van der Waals surface area contributed by atoms with E-state index in [1.165, 1.54) is 34.9 Å². The number of para-hydroxylation sites is 2. The summed E-state index contributed by atoms with van der Waals surface area (Å²) in [7, 11) is 0. The molecule has 0 spiro atoms. The first-order chi connectivity index (χ1) is 42.1. The van der Waals surface area contributed by atoms with E-state index < -0.39 is 13.7 Å². The van der Waals surface area contributed by atoms with Crippen LogP contribution in [0.15, 0.2) is 182 Å². The van der Waals surface area contributed by atoms with Crippen molar-refractivity contribution in [1.29, 1.82) is 0 Å². The van der Waals surface area contributed by atoms with Crippen LogP contribution in [0.2, 0.25) is 0 Å². The van der Waals surface area contributed by atoms with E-state index in [0.717, 1.165) is 102 Å². The molecule has 5 nitrogen and oxygen atoms in total. The van der Waals surface area contributed by atoms with E-state index in [1.54, 1.807) is 0 Å². The molecule has 0 saturated carbocycles. The minimum atomic E-state index is -2.67. The van der Waals surface area contributed by atoms with Gasteiger partial charge in [-0.2, -0.15) is 18.2 Å². The molecule has 1 aliphatic carbocycles. The minimum absolute atomic E-state index is 0. The molecular formula is C78H70N4OPt-2. The van der Waals surface area contributed by atoms with Crippen LogP contribution < -0.4 is 9.30 Å². The van der Waals surface area contributed by atoms with Crippen LogP contribution in [0.5, 0.6) is 11.5 Å². The standard InChI is InChI=1S/C78H70N4O.Pt/c1-48-20-17-21-49(2)72(48)51-40-65-59-25-14-13-24-58(59)63-45-66-67(78(11,12)38-37-77(66,9)10)46-64(63)62-28-19-27-57(50-30-32-52(33-31-50)75(3,4)5)73(62)81-47-80(70(41-51)74(65)81)54-22-18-23-55(43-54)83-56-34-35-61-60-26-15-16-29-68(60)82(69(61)44-56)71-42-53(36-39-79-71)76(6,7)8;/h13-36,39-42,45-46H,37-38H2,1-12H3;/q-2;/i1D3,2D3;. The molecule has 0 saturated heterocycles. The summed E-state index contributed by atoms with van der Waals surface area (Å²) in [5.74, 6) is 1.67. The fourth-order valence-corrected chi connectivity index (χ4v) is 13.1. The van der Waals surface area contributed by atoms with Crippen LogP contribution in [0, 0.1) is 32.2 Å². The number of ether oxygens (including phenoxy) is 1. The second kappa shape index (κ2) is 20.0. The van der Waals surface area contributed by atoms with Crippen molar-refractivity contribution in [3.8, 4) is 84.3 Å². The topological polar surface area (TPSA) is 35.9 Å². The van der Waals surface area contributed by atoms with E-state index in [1.807, 2.05) is 65.4 Å². The number of imidazole rings is 1. The van der Waals surface area contributed by atoms with Crippen LogP contribution in [0.1, 0.15) is 124 Å². The Morgan fingerprint density at radius 2 is 1.15 bits per heavy atom. The predicted molar refractivity (Wildman–Crippen MR) is 343 cm³/mol. The largest absolute Gasteiger partial charge is 0.510 e. The maximum Gasteiger partial charge on any atom is 0.268 e. The average molecular weight is 1280 g/mol. The molecule has 4 heterocycles. The molecule has 6 heteroatoms. The number of nitrogens with zero attached hydrogens (tertiary/aromatic N) is 4. The zero-order valence-electron chi connectivity index (χ0n) is 55.2. The summed E-state index contributed by atoms with van der Waals surface area (Å²) in [5.41, 5.74) is 17.6.